The van der Waals surface area contributed by atoms with Crippen molar-refractivity contribution in [3.63, 3.8) is 0 Å². The molecule has 3 N–H and O–H groups in total. The molecule has 8 heteroatoms. The summed E-state index contributed by atoms with van der Waals surface area (Å²) >= 11 is 0. The Balaban J connectivity index is 2.02. The van der Waals surface area contributed by atoms with Crippen molar-refractivity contribution in [2.24, 2.45) is 0 Å². The molecule has 0 aromatic heterocycles. The average molecular weight is 376 g/mol. The van der Waals surface area contributed by atoms with Crippen LogP contribution in [0.5, 0.6) is 11.5 Å². The maximum Gasteiger partial charge on any atom is 0.322 e. The Labute approximate surface area is 157 Å². The van der Waals surface area contributed by atoms with E-state index < -0.39 is 33.5 Å². The van der Waals surface area contributed by atoms with Crippen LogP contribution < -0.4 is 5.32 Å². The van der Waals surface area contributed by atoms with Gasteiger partial charge in [0.25, 0.3) is 0 Å². The Bertz CT molecular complexity index is 1170. The second-order valence-corrected chi connectivity index (χ2v) is 6.18. The number of nitrogens with one attached hydrogen (secondary N) is 1. The first kappa shape index (κ1) is 17.2. The van der Waals surface area contributed by atoms with Crippen LogP contribution >= 0.6 is 0 Å². The zero-order chi connectivity index (χ0) is 20.0. The molecule has 0 radical (unpaired) electrons. The van der Waals surface area contributed by atoms with Crippen LogP contribution in [0.1, 0.15) is 31.8 Å². The monoisotopic (exact) mass is 376 g/mol. The van der Waals surface area contributed by atoms with Gasteiger partial charge in [-0.1, -0.05) is 18.2 Å². The Kier molecular flexibility index (Phi) is 3.82. The van der Waals surface area contributed by atoms with Gasteiger partial charge in [-0.25, -0.2) is 0 Å². The normalized spacial score (nSPS) is 12.3. The molecule has 8 nitrogen and oxygen atoms in total. The Morgan fingerprint density at radius 1 is 0.857 bits per heavy atom. The molecule has 3 aromatic carbocycles. The van der Waals surface area contributed by atoms with Crippen LogP contribution in [0.2, 0.25) is 0 Å². The summed E-state index contributed by atoms with van der Waals surface area (Å²) in [6.45, 7) is 0. The lowest BCUT2D eigenvalue weighted by Crippen LogP contribution is -2.23. The van der Waals surface area contributed by atoms with Crippen LogP contribution in [0.3, 0.4) is 0 Å². The molecule has 1 aliphatic rings. The van der Waals surface area contributed by atoms with Crippen molar-refractivity contribution in [2.45, 2.75) is 0 Å². The number of aromatic hydroxyl groups is 2. The lowest BCUT2D eigenvalue weighted by Gasteiger charge is -2.21. The first-order valence-corrected chi connectivity index (χ1v) is 8.17. The molecule has 0 aliphatic heterocycles. The predicted molar refractivity (Wildman–Crippen MR) is 99.5 cm³/mol. The summed E-state index contributed by atoms with van der Waals surface area (Å²) in [7, 11) is 0. The van der Waals surface area contributed by atoms with Crippen LogP contribution in [-0.4, -0.2) is 26.7 Å². The van der Waals surface area contributed by atoms with E-state index in [1.165, 1.54) is 12.1 Å². The minimum absolute atomic E-state index is 0.0524. The molecule has 28 heavy (non-hydrogen) atoms. The van der Waals surface area contributed by atoms with Gasteiger partial charge in [-0.05, 0) is 30.3 Å². The van der Waals surface area contributed by atoms with Crippen molar-refractivity contribution in [3.8, 4) is 11.5 Å². The summed E-state index contributed by atoms with van der Waals surface area (Å²) in [4.78, 5) is 36.7. The fourth-order valence-electron chi connectivity index (χ4n) is 3.26. The van der Waals surface area contributed by atoms with Gasteiger partial charge in [0.2, 0.25) is 5.78 Å². The lowest BCUT2D eigenvalue weighted by molar-refractivity contribution is -0.386. The predicted octanol–water partition coefficient (Wildman–Crippen LogP) is 3.53. The summed E-state index contributed by atoms with van der Waals surface area (Å²) in [5.41, 5.74) is -1.06. The van der Waals surface area contributed by atoms with Crippen molar-refractivity contribution in [1.29, 1.82) is 0 Å². The number of para-hydroxylation sites is 1. The number of phenolic OH excluding ortho intramolecular Hbond substituents is 2. The number of nitro benzene ring substituents is 1. The maximum absolute atomic E-state index is 13.1. The molecule has 1 aliphatic carbocycles. The third-order valence-corrected chi connectivity index (χ3v) is 4.46. The molecule has 0 spiro atoms. The summed E-state index contributed by atoms with van der Waals surface area (Å²) in [5, 5.41) is 34.3. The fourth-order valence-corrected chi connectivity index (χ4v) is 3.26. The number of phenols is 2. The summed E-state index contributed by atoms with van der Waals surface area (Å²) < 4.78 is 0. The number of hydrogen-bond acceptors (Lipinski definition) is 7. The minimum Gasteiger partial charge on any atom is -0.508 e. The van der Waals surface area contributed by atoms with Crippen LogP contribution in [0.4, 0.5) is 17.1 Å². The van der Waals surface area contributed by atoms with E-state index in [2.05, 4.69) is 5.32 Å². The Morgan fingerprint density at radius 3 is 2.21 bits per heavy atom. The fraction of sp³-hybridized carbons (Fsp3) is 0. The van der Waals surface area contributed by atoms with Crippen LogP contribution in [-0.2, 0) is 0 Å². The molecule has 0 fully saturated rings. The minimum atomic E-state index is -0.892. The standard InChI is InChI=1S/C20H12N2O6/c23-11-6-7-12-13(8-11)20(26)16-14(21-10-4-2-1-3-5-10)9-15(24)18(22(27)28)17(16)19(12)25/h1-9,21,23-24H. The number of carbonyl (C=O) groups is 2. The molecule has 0 amide bonds. The SMILES string of the molecule is O=C1c2cc(O)ccc2C(=O)c2c1c(Nc1ccccc1)cc(O)c2[N+](=O)[O-]. The highest BCUT2D eigenvalue weighted by Gasteiger charge is 2.40. The van der Waals surface area contributed by atoms with E-state index in [1.807, 2.05) is 0 Å². The zero-order valence-electron chi connectivity index (χ0n) is 14.2. The molecule has 138 valence electrons. The summed E-state index contributed by atoms with van der Waals surface area (Å²) in [5.74, 6) is -2.38. The number of nitro groups is 1. The third-order valence-electron chi connectivity index (χ3n) is 4.46. The molecule has 0 bridgehead atoms. The molecular formula is C20H12N2O6. The van der Waals surface area contributed by atoms with E-state index in [9.17, 15) is 29.9 Å². The number of hydrogen-bond donors (Lipinski definition) is 3. The Morgan fingerprint density at radius 2 is 1.54 bits per heavy atom. The van der Waals surface area contributed by atoms with Crippen LogP contribution in [0.15, 0.2) is 54.6 Å². The van der Waals surface area contributed by atoms with E-state index in [1.54, 1.807) is 30.3 Å². The van der Waals surface area contributed by atoms with Gasteiger partial charge in [-0.15, -0.1) is 0 Å². The van der Waals surface area contributed by atoms with Gasteiger partial charge in [-0.2, -0.15) is 0 Å². The largest absolute Gasteiger partial charge is 0.508 e. The van der Waals surface area contributed by atoms with Gasteiger partial charge >= 0.3 is 5.69 Å². The van der Waals surface area contributed by atoms with E-state index in [0.29, 0.717) is 5.69 Å². The van der Waals surface area contributed by atoms with E-state index in [4.69, 9.17) is 0 Å². The molecule has 0 atom stereocenters. The average Bonchev–Trinajstić information content (AvgIpc) is 2.66. The van der Waals surface area contributed by atoms with E-state index in [-0.39, 0.29) is 28.1 Å². The molecule has 4 rings (SSSR count). The number of fused-ring (bicyclic) bond motifs is 2. The van der Waals surface area contributed by atoms with Gasteiger partial charge < -0.3 is 15.5 Å². The molecule has 0 saturated heterocycles. The molecule has 0 unspecified atom stereocenters. The highest BCUT2D eigenvalue weighted by Crippen LogP contribution is 2.43. The van der Waals surface area contributed by atoms with Crippen molar-refractivity contribution in [3.05, 3.63) is 87.0 Å². The summed E-state index contributed by atoms with van der Waals surface area (Å²) in [6, 6.07) is 13.3. The van der Waals surface area contributed by atoms with E-state index >= 15 is 0 Å². The van der Waals surface area contributed by atoms with Gasteiger partial charge in [0.15, 0.2) is 11.5 Å². The van der Waals surface area contributed by atoms with Crippen LogP contribution in [0.25, 0.3) is 0 Å². The van der Waals surface area contributed by atoms with Crippen molar-refractivity contribution in [2.75, 3.05) is 5.32 Å². The highest BCUT2D eigenvalue weighted by atomic mass is 16.6. The topological polar surface area (TPSA) is 130 Å². The third kappa shape index (κ3) is 2.55. The molecular weight excluding hydrogens is 364 g/mol. The van der Waals surface area contributed by atoms with Crippen molar-refractivity contribution < 1.29 is 24.7 Å². The highest BCUT2D eigenvalue weighted by molar-refractivity contribution is 6.32. The van der Waals surface area contributed by atoms with Gasteiger partial charge in [0.05, 0.1) is 16.2 Å². The van der Waals surface area contributed by atoms with Gasteiger partial charge in [0.1, 0.15) is 11.3 Å². The second-order valence-electron chi connectivity index (χ2n) is 6.18. The molecule has 0 heterocycles. The van der Waals surface area contributed by atoms with Gasteiger partial charge in [0, 0.05) is 22.9 Å². The number of carbonyl (C=O) groups excluding carboxylic acids is 2. The molecule has 0 saturated carbocycles. The number of benzene rings is 3. The first-order chi connectivity index (χ1) is 13.4. The second kappa shape index (κ2) is 6.20. The number of rotatable bonds is 3. The van der Waals surface area contributed by atoms with Crippen molar-refractivity contribution in [1.82, 2.24) is 0 Å². The Hall–Kier alpha value is -4.20. The lowest BCUT2D eigenvalue weighted by atomic mass is 9.82. The number of anilines is 2. The van der Waals surface area contributed by atoms with Gasteiger partial charge in [-0.3, -0.25) is 19.7 Å². The molecule has 3 aromatic rings. The van der Waals surface area contributed by atoms with E-state index in [0.717, 1.165) is 12.1 Å². The number of nitrogens with zero attached hydrogens (tertiary/aromatic N) is 1. The zero-order valence-corrected chi connectivity index (χ0v) is 14.2. The van der Waals surface area contributed by atoms with Crippen molar-refractivity contribution >= 4 is 28.6 Å². The summed E-state index contributed by atoms with van der Waals surface area (Å²) in [6.07, 6.45) is 0. The maximum atomic E-state index is 13.1. The number of ketones is 2. The smallest absolute Gasteiger partial charge is 0.322 e. The quantitative estimate of drug-likeness (QED) is 0.368. The first-order valence-electron chi connectivity index (χ1n) is 8.17. The van der Waals surface area contributed by atoms with Crippen LogP contribution in [0, 0.1) is 10.1 Å².